The van der Waals surface area contributed by atoms with Gasteiger partial charge in [0.05, 0.1) is 21.5 Å². The summed E-state index contributed by atoms with van der Waals surface area (Å²) < 4.78 is 2.00. The van der Waals surface area contributed by atoms with Gasteiger partial charge in [0, 0.05) is 53.5 Å². The number of para-hydroxylation sites is 1. The molecule has 4 rings (SSSR count). The van der Waals surface area contributed by atoms with Gasteiger partial charge >= 0.3 is 0 Å². The monoisotopic (exact) mass is 424 g/mol. The van der Waals surface area contributed by atoms with E-state index in [2.05, 4.69) is 6.07 Å². The molecule has 3 aromatic carbocycles. The Balaban J connectivity index is 1.75. The first-order valence-corrected chi connectivity index (χ1v) is 9.64. The number of nitrogens with zero attached hydrogens (tertiary/aromatic N) is 4. The number of nitro benzene ring substituents is 2. The lowest BCUT2D eigenvalue weighted by Gasteiger charge is -2.05. The van der Waals surface area contributed by atoms with Crippen LogP contribution in [0.4, 0.5) is 11.4 Å². The highest BCUT2D eigenvalue weighted by atomic mass is 16.6. The molecule has 0 aliphatic heterocycles. The number of nitriles is 1. The zero-order valence-corrected chi connectivity index (χ0v) is 16.7. The minimum atomic E-state index is -0.492. The number of fused-ring (bicyclic) bond motifs is 1. The van der Waals surface area contributed by atoms with Crippen LogP contribution in [0.5, 0.6) is 0 Å². The van der Waals surface area contributed by atoms with Gasteiger partial charge in [0.2, 0.25) is 0 Å². The summed E-state index contributed by atoms with van der Waals surface area (Å²) >= 11 is 0. The average molecular weight is 424 g/mol. The molecule has 4 aromatic rings. The average Bonchev–Trinajstić information content (AvgIpc) is 3.15. The summed E-state index contributed by atoms with van der Waals surface area (Å²) in [6, 6.07) is 22.2. The second kappa shape index (κ2) is 8.53. The Morgan fingerprint density at radius 2 is 1.66 bits per heavy atom. The molecule has 0 saturated heterocycles. The van der Waals surface area contributed by atoms with Crippen LogP contribution in [-0.4, -0.2) is 14.4 Å². The number of aromatic nitrogens is 1. The van der Waals surface area contributed by atoms with E-state index >= 15 is 0 Å². The summed E-state index contributed by atoms with van der Waals surface area (Å²) in [5, 5.41) is 32.6. The van der Waals surface area contributed by atoms with E-state index < -0.39 is 9.85 Å². The van der Waals surface area contributed by atoms with Gasteiger partial charge in [-0.2, -0.15) is 5.26 Å². The summed E-state index contributed by atoms with van der Waals surface area (Å²) in [4.78, 5) is 21.1. The molecular weight excluding hydrogens is 408 g/mol. The summed E-state index contributed by atoms with van der Waals surface area (Å²) in [6.07, 6.45) is 3.62. The summed E-state index contributed by atoms with van der Waals surface area (Å²) in [5.74, 6) is 0. The van der Waals surface area contributed by atoms with Crippen molar-refractivity contribution >= 4 is 33.9 Å². The van der Waals surface area contributed by atoms with Gasteiger partial charge in [-0.3, -0.25) is 20.2 Å². The topological polar surface area (TPSA) is 115 Å². The summed E-state index contributed by atoms with van der Waals surface area (Å²) in [6.45, 7) is 0.491. The normalized spacial score (nSPS) is 11.3. The van der Waals surface area contributed by atoms with Gasteiger partial charge in [-0.25, -0.2) is 0 Å². The second-order valence-corrected chi connectivity index (χ2v) is 7.13. The van der Waals surface area contributed by atoms with Gasteiger partial charge in [0.25, 0.3) is 11.4 Å². The van der Waals surface area contributed by atoms with Crippen molar-refractivity contribution in [3.63, 3.8) is 0 Å². The molecule has 1 heterocycles. The number of non-ortho nitro benzene ring substituents is 2. The van der Waals surface area contributed by atoms with Crippen LogP contribution in [0.1, 0.15) is 16.7 Å². The van der Waals surface area contributed by atoms with Crippen molar-refractivity contribution in [1.82, 2.24) is 4.57 Å². The quantitative estimate of drug-likeness (QED) is 0.228. The molecule has 0 aliphatic carbocycles. The third kappa shape index (κ3) is 4.08. The van der Waals surface area contributed by atoms with E-state index in [4.69, 9.17) is 0 Å². The van der Waals surface area contributed by atoms with Crippen molar-refractivity contribution in [1.29, 1.82) is 5.26 Å². The number of rotatable bonds is 6. The number of benzene rings is 3. The molecule has 0 aliphatic rings. The first kappa shape index (κ1) is 20.5. The van der Waals surface area contributed by atoms with Crippen LogP contribution in [0.3, 0.4) is 0 Å². The molecule has 0 spiro atoms. The van der Waals surface area contributed by atoms with Crippen LogP contribution < -0.4 is 0 Å². The zero-order valence-electron chi connectivity index (χ0n) is 16.7. The lowest BCUT2D eigenvalue weighted by molar-refractivity contribution is -0.385. The van der Waals surface area contributed by atoms with Crippen LogP contribution in [0.25, 0.3) is 22.6 Å². The first-order chi connectivity index (χ1) is 15.5. The van der Waals surface area contributed by atoms with Crippen LogP contribution in [0.2, 0.25) is 0 Å². The lowest BCUT2D eigenvalue weighted by atomic mass is 10.0. The number of nitro groups is 2. The smallest absolute Gasteiger partial charge is 0.270 e. The highest BCUT2D eigenvalue weighted by Gasteiger charge is 2.12. The molecule has 32 heavy (non-hydrogen) atoms. The van der Waals surface area contributed by atoms with E-state index in [1.54, 1.807) is 30.3 Å². The molecule has 0 bridgehead atoms. The predicted molar refractivity (Wildman–Crippen MR) is 121 cm³/mol. The highest BCUT2D eigenvalue weighted by molar-refractivity contribution is 5.98. The van der Waals surface area contributed by atoms with Gasteiger partial charge in [0.15, 0.2) is 0 Å². The molecular formula is C24H16N4O4. The Morgan fingerprint density at radius 3 is 2.34 bits per heavy atom. The van der Waals surface area contributed by atoms with Crippen LogP contribution in [-0.2, 0) is 6.54 Å². The fourth-order valence-corrected chi connectivity index (χ4v) is 3.56. The zero-order chi connectivity index (χ0) is 22.7. The van der Waals surface area contributed by atoms with E-state index in [0.717, 1.165) is 22.0 Å². The SMILES string of the molecule is N#C/C(=C/c1cn(Cc2ccc([N+](=O)[O-])cc2)c2ccccc12)c1cccc([N+](=O)[O-])c1. The van der Waals surface area contributed by atoms with Crippen molar-refractivity contribution in [3.05, 3.63) is 116 Å². The van der Waals surface area contributed by atoms with Crippen molar-refractivity contribution in [2.45, 2.75) is 6.54 Å². The van der Waals surface area contributed by atoms with Crippen LogP contribution in [0, 0.1) is 31.6 Å². The van der Waals surface area contributed by atoms with Crippen molar-refractivity contribution in [3.8, 4) is 6.07 Å². The fourth-order valence-electron chi connectivity index (χ4n) is 3.56. The minimum Gasteiger partial charge on any atom is -0.342 e. The predicted octanol–water partition coefficient (Wildman–Crippen LogP) is 5.57. The van der Waals surface area contributed by atoms with Crippen LogP contribution in [0.15, 0.2) is 79.0 Å². The minimum absolute atomic E-state index is 0.0327. The standard InChI is InChI=1S/C24H16N4O4/c25-14-19(18-4-3-5-22(13-18)28(31)32)12-20-16-26(24-7-2-1-6-23(20)24)15-17-8-10-21(11-9-17)27(29)30/h1-13,16H,15H2/b19-12-. The van der Waals surface area contributed by atoms with Crippen molar-refractivity contribution < 1.29 is 9.85 Å². The Kier molecular flexibility index (Phi) is 5.47. The van der Waals surface area contributed by atoms with E-state index in [1.165, 1.54) is 24.3 Å². The van der Waals surface area contributed by atoms with Crippen molar-refractivity contribution in [2.75, 3.05) is 0 Å². The molecule has 8 heteroatoms. The maximum atomic E-state index is 11.1. The summed E-state index contributed by atoms with van der Waals surface area (Å²) in [5.41, 5.74) is 3.36. The van der Waals surface area contributed by atoms with E-state index in [9.17, 15) is 25.5 Å². The fraction of sp³-hybridized carbons (Fsp3) is 0.0417. The third-order valence-electron chi connectivity index (χ3n) is 5.11. The van der Waals surface area contributed by atoms with Gasteiger partial charge < -0.3 is 4.57 Å². The van der Waals surface area contributed by atoms with Gasteiger partial charge in [-0.15, -0.1) is 0 Å². The maximum absolute atomic E-state index is 11.1. The number of hydrogen-bond donors (Lipinski definition) is 0. The van der Waals surface area contributed by atoms with Crippen molar-refractivity contribution in [2.24, 2.45) is 0 Å². The Bertz CT molecular complexity index is 1410. The number of hydrogen-bond acceptors (Lipinski definition) is 5. The molecule has 0 saturated carbocycles. The van der Waals surface area contributed by atoms with Gasteiger partial charge in [0.1, 0.15) is 0 Å². The summed E-state index contributed by atoms with van der Waals surface area (Å²) in [7, 11) is 0. The molecule has 0 unspecified atom stereocenters. The molecule has 0 radical (unpaired) electrons. The molecule has 8 nitrogen and oxygen atoms in total. The molecule has 156 valence electrons. The second-order valence-electron chi connectivity index (χ2n) is 7.13. The van der Waals surface area contributed by atoms with Gasteiger partial charge in [-0.05, 0) is 23.3 Å². The first-order valence-electron chi connectivity index (χ1n) is 9.64. The van der Waals surface area contributed by atoms with Gasteiger partial charge in [-0.1, -0.05) is 42.5 Å². The molecule has 0 fully saturated rings. The molecule has 0 amide bonds. The van der Waals surface area contributed by atoms with E-state index in [1.807, 2.05) is 35.0 Å². The highest BCUT2D eigenvalue weighted by Crippen LogP contribution is 2.28. The number of allylic oxidation sites excluding steroid dienone is 1. The van der Waals surface area contributed by atoms with E-state index in [0.29, 0.717) is 17.7 Å². The Morgan fingerprint density at radius 1 is 0.938 bits per heavy atom. The third-order valence-corrected chi connectivity index (χ3v) is 5.11. The Hall–Kier alpha value is -4.77. The Labute approximate surface area is 182 Å². The molecule has 0 atom stereocenters. The van der Waals surface area contributed by atoms with E-state index in [-0.39, 0.29) is 11.4 Å². The maximum Gasteiger partial charge on any atom is 0.270 e. The molecule has 1 aromatic heterocycles. The largest absolute Gasteiger partial charge is 0.342 e. The molecule has 0 N–H and O–H groups in total. The lowest BCUT2D eigenvalue weighted by Crippen LogP contribution is -1.98. The van der Waals surface area contributed by atoms with Crippen LogP contribution >= 0.6 is 0 Å².